The molecule has 0 bridgehead atoms. The Morgan fingerprint density at radius 2 is 1.97 bits per heavy atom. The van der Waals surface area contributed by atoms with Crippen LogP contribution in [0.25, 0.3) is 16.4 Å². The van der Waals surface area contributed by atoms with E-state index in [2.05, 4.69) is 15.3 Å². The van der Waals surface area contributed by atoms with E-state index >= 15 is 0 Å². The predicted molar refractivity (Wildman–Crippen MR) is 108 cm³/mol. The molecule has 2 heterocycles. The summed E-state index contributed by atoms with van der Waals surface area (Å²) in [5, 5.41) is 2.81. The van der Waals surface area contributed by atoms with Crippen molar-refractivity contribution in [2.75, 3.05) is 11.9 Å². The molecular formula is C20H16F3N3O3S. The summed E-state index contributed by atoms with van der Waals surface area (Å²) in [6.45, 7) is 3.55. The van der Waals surface area contributed by atoms with Crippen LogP contribution in [0.1, 0.15) is 38.2 Å². The number of hydrogen-bond acceptors (Lipinski definition) is 6. The van der Waals surface area contributed by atoms with Crippen LogP contribution in [0.2, 0.25) is 0 Å². The van der Waals surface area contributed by atoms with Crippen molar-refractivity contribution in [2.24, 2.45) is 0 Å². The van der Waals surface area contributed by atoms with Gasteiger partial charge in [-0.15, -0.1) is 0 Å². The van der Waals surface area contributed by atoms with E-state index in [-0.39, 0.29) is 23.5 Å². The number of hydrogen-bond donors (Lipinski definition) is 1. The fourth-order valence-electron chi connectivity index (χ4n) is 2.59. The second-order valence-corrected chi connectivity index (χ2v) is 7.14. The summed E-state index contributed by atoms with van der Waals surface area (Å²) in [5.74, 6) is -0.741. The Morgan fingerprint density at radius 3 is 2.63 bits per heavy atom. The lowest BCUT2D eigenvalue weighted by atomic mass is 10.0. The first kappa shape index (κ1) is 21.4. The van der Waals surface area contributed by atoms with Gasteiger partial charge in [-0.3, -0.25) is 4.79 Å². The Bertz CT molecular complexity index is 1140. The maximum Gasteiger partial charge on any atom is 0.409 e. The molecule has 0 radical (unpaired) electrons. The molecule has 6 nitrogen and oxygen atoms in total. The van der Waals surface area contributed by atoms with Crippen LogP contribution in [0.5, 0.6) is 0 Å². The highest BCUT2D eigenvalue weighted by Crippen LogP contribution is 2.24. The van der Waals surface area contributed by atoms with E-state index in [4.69, 9.17) is 4.74 Å². The number of aromatic nitrogens is 2. The lowest BCUT2D eigenvalue weighted by Crippen LogP contribution is -2.14. The van der Waals surface area contributed by atoms with E-state index in [1.807, 2.05) is 0 Å². The van der Waals surface area contributed by atoms with Gasteiger partial charge in [0.25, 0.3) is 5.91 Å². The van der Waals surface area contributed by atoms with E-state index in [0.717, 1.165) is 17.4 Å². The lowest BCUT2D eigenvalue weighted by molar-refractivity contribution is -0.0790. The van der Waals surface area contributed by atoms with Crippen LogP contribution in [0.3, 0.4) is 0 Å². The van der Waals surface area contributed by atoms with Crippen LogP contribution in [-0.2, 0) is 4.74 Å². The number of nitrogens with one attached hydrogen (secondary N) is 1. The second kappa shape index (κ2) is 8.62. The highest BCUT2D eigenvalue weighted by Gasteiger charge is 2.22. The van der Waals surface area contributed by atoms with E-state index in [0.29, 0.717) is 27.0 Å². The molecule has 0 saturated carbocycles. The molecule has 30 heavy (non-hydrogen) atoms. The van der Waals surface area contributed by atoms with Crippen LogP contribution >= 0.6 is 11.3 Å². The number of fused-ring (bicyclic) bond motifs is 1. The number of ether oxygens (including phenoxy) is 1. The van der Waals surface area contributed by atoms with E-state index in [1.165, 1.54) is 18.2 Å². The minimum absolute atomic E-state index is 0.139. The maximum atomic E-state index is 12.6. The number of carbonyl (C=O) groups is 2. The van der Waals surface area contributed by atoms with Crippen LogP contribution in [0.4, 0.5) is 19.0 Å². The van der Waals surface area contributed by atoms with Gasteiger partial charge in [0.1, 0.15) is 16.2 Å². The summed E-state index contributed by atoms with van der Waals surface area (Å²) in [7, 11) is 0. The third-order valence-corrected chi connectivity index (χ3v) is 4.85. The normalized spacial score (nSPS) is 11.8. The number of carbonyl (C=O) groups excluding carboxylic acids is 2. The standard InChI is InChI=1S/C20H16F3N3O3S/c1-3-29-19(28)18-24-14-6-7-15(26-17(14)30-18)25-16(27)13-5-4-12(10-11(13)2)8-9-20(21,22)23/h4-10H,3H2,1-2H3,(H,25,26,27)/b9-8+. The maximum absolute atomic E-state index is 12.6. The van der Waals surface area contributed by atoms with Gasteiger partial charge in [-0.25, -0.2) is 14.8 Å². The molecule has 0 unspecified atom stereocenters. The van der Waals surface area contributed by atoms with Gasteiger partial charge in [-0.05, 0) is 43.2 Å². The molecule has 2 aromatic heterocycles. The van der Waals surface area contributed by atoms with Gasteiger partial charge in [-0.2, -0.15) is 13.2 Å². The molecule has 1 aromatic carbocycles. The number of thiazole rings is 1. The molecule has 0 atom stereocenters. The number of esters is 1. The molecule has 0 aliphatic heterocycles. The zero-order valence-electron chi connectivity index (χ0n) is 15.9. The highest BCUT2D eigenvalue weighted by molar-refractivity contribution is 7.19. The Balaban J connectivity index is 1.77. The van der Waals surface area contributed by atoms with Crippen molar-refractivity contribution in [2.45, 2.75) is 20.0 Å². The zero-order chi connectivity index (χ0) is 21.9. The number of rotatable bonds is 5. The molecule has 3 rings (SSSR count). The number of anilines is 1. The van der Waals surface area contributed by atoms with Crippen molar-refractivity contribution >= 4 is 45.5 Å². The molecule has 0 spiro atoms. The van der Waals surface area contributed by atoms with Crippen molar-refractivity contribution in [3.05, 3.63) is 58.1 Å². The largest absolute Gasteiger partial charge is 0.461 e. The fourth-order valence-corrected chi connectivity index (χ4v) is 3.42. The minimum atomic E-state index is -4.40. The van der Waals surface area contributed by atoms with Crippen molar-refractivity contribution < 1.29 is 27.5 Å². The first-order chi connectivity index (χ1) is 14.2. The van der Waals surface area contributed by atoms with Crippen LogP contribution < -0.4 is 5.32 Å². The summed E-state index contributed by atoms with van der Waals surface area (Å²) < 4.78 is 41.8. The van der Waals surface area contributed by atoms with Crippen molar-refractivity contribution in [3.8, 4) is 0 Å². The first-order valence-electron chi connectivity index (χ1n) is 8.79. The molecule has 156 valence electrons. The van der Waals surface area contributed by atoms with Crippen LogP contribution in [0.15, 0.2) is 36.4 Å². The van der Waals surface area contributed by atoms with Crippen LogP contribution in [0, 0.1) is 6.92 Å². The number of pyridine rings is 1. The molecule has 1 amide bonds. The van der Waals surface area contributed by atoms with Gasteiger partial charge in [0.05, 0.1) is 6.61 Å². The topological polar surface area (TPSA) is 81.2 Å². The van der Waals surface area contributed by atoms with Crippen molar-refractivity contribution in [1.82, 2.24) is 9.97 Å². The number of benzene rings is 1. The third kappa shape index (κ3) is 5.20. The van der Waals surface area contributed by atoms with Gasteiger partial charge in [-0.1, -0.05) is 29.5 Å². The Kier molecular flexibility index (Phi) is 6.16. The number of aryl methyl sites for hydroxylation is 1. The molecule has 3 aromatic rings. The monoisotopic (exact) mass is 435 g/mol. The number of allylic oxidation sites excluding steroid dienone is 1. The number of amides is 1. The first-order valence-corrected chi connectivity index (χ1v) is 9.60. The molecule has 0 fully saturated rings. The summed E-state index contributed by atoms with van der Waals surface area (Å²) in [5.41, 5.74) is 1.65. The summed E-state index contributed by atoms with van der Waals surface area (Å²) in [4.78, 5) is 33.2. The Labute approximate surface area is 173 Å². The van der Waals surface area contributed by atoms with E-state index < -0.39 is 18.1 Å². The smallest absolute Gasteiger partial charge is 0.409 e. The molecule has 0 aliphatic carbocycles. The van der Waals surface area contributed by atoms with Gasteiger partial charge in [0.2, 0.25) is 5.01 Å². The molecule has 1 N–H and O–H groups in total. The number of alkyl halides is 3. The molecule has 10 heteroatoms. The van der Waals surface area contributed by atoms with E-state index in [9.17, 15) is 22.8 Å². The zero-order valence-corrected chi connectivity index (χ0v) is 16.7. The van der Waals surface area contributed by atoms with E-state index in [1.54, 1.807) is 26.0 Å². The third-order valence-electron chi connectivity index (χ3n) is 3.91. The van der Waals surface area contributed by atoms with Crippen molar-refractivity contribution in [1.29, 1.82) is 0 Å². The van der Waals surface area contributed by atoms with Gasteiger partial charge >= 0.3 is 12.1 Å². The van der Waals surface area contributed by atoms with Gasteiger partial charge < -0.3 is 10.1 Å². The average Bonchev–Trinajstić information content (AvgIpc) is 3.09. The average molecular weight is 435 g/mol. The highest BCUT2D eigenvalue weighted by atomic mass is 32.1. The lowest BCUT2D eigenvalue weighted by Gasteiger charge is -2.08. The van der Waals surface area contributed by atoms with Gasteiger partial charge in [0.15, 0.2) is 0 Å². The predicted octanol–water partition coefficient (Wildman–Crippen LogP) is 5.00. The second-order valence-electron chi connectivity index (χ2n) is 6.16. The quantitative estimate of drug-likeness (QED) is 0.570. The minimum Gasteiger partial charge on any atom is -0.461 e. The fraction of sp³-hybridized carbons (Fsp3) is 0.200. The SMILES string of the molecule is CCOC(=O)c1nc2ccc(NC(=O)c3ccc(/C=C/C(F)(F)F)cc3C)nc2s1. The number of halogens is 3. The molecular weight excluding hydrogens is 419 g/mol. The van der Waals surface area contributed by atoms with Crippen molar-refractivity contribution in [3.63, 3.8) is 0 Å². The summed E-state index contributed by atoms with van der Waals surface area (Å²) in [6, 6.07) is 7.53. The summed E-state index contributed by atoms with van der Waals surface area (Å²) >= 11 is 1.05. The number of nitrogens with zero attached hydrogens (tertiary/aromatic N) is 2. The molecule has 0 saturated heterocycles. The Hall–Kier alpha value is -3.27. The Morgan fingerprint density at radius 1 is 1.20 bits per heavy atom. The summed E-state index contributed by atoms with van der Waals surface area (Å²) in [6.07, 6.45) is -3.33. The van der Waals surface area contributed by atoms with Gasteiger partial charge in [0, 0.05) is 11.6 Å². The molecule has 0 aliphatic rings. The van der Waals surface area contributed by atoms with Crippen LogP contribution in [-0.4, -0.2) is 34.6 Å².